The van der Waals surface area contributed by atoms with Crippen LogP contribution in [-0.4, -0.2) is 21.8 Å². The van der Waals surface area contributed by atoms with E-state index in [-0.39, 0.29) is 45.8 Å². The number of esters is 2. The van der Waals surface area contributed by atoms with E-state index in [2.05, 4.69) is 0 Å². The molecule has 3 rings (SSSR count). The number of nitrogens with zero attached hydrogens (tertiary/aromatic N) is 2. The number of benzene rings is 3. The Balaban J connectivity index is 1.76. The molecular weight excluding hydrogens is 492 g/mol. The van der Waals surface area contributed by atoms with E-state index in [4.69, 9.17) is 9.47 Å². The predicted octanol–water partition coefficient (Wildman–Crippen LogP) is 6.34. The third kappa shape index (κ3) is 7.22. The number of nitro benzene ring substituents is 2. The van der Waals surface area contributed by atoms with Gasteiger partial charge < -0.3 is 9.47 Å². The molecule has 0 N–H and O–H groups in total. The third-order valence-electron chi connectivity index (χ3n) is 5.53. The van der Waals surface area contributed by atoms with E-state index in [9.17, 15) is 29.8 Å². The highest BCUT2D eigenvalue weighted by molar-refractivity contribution is 5.95. The van der Waals surface area contributed by atoms with Crippen LogP contribution in [0.3, 0.4) is 0 Å². The van der Waals surface area contributed by atoms with Gasteiger partial charge in [-0.25, -0.2) is 9.59 Å². The summed E-state index contributed by atoms with van der Waals surface area (Å²) in [5, 5.41) is 22.3. The summed E-state index contributed by atoms with van der Waals surface area (Å²) in [4.78, 5) is 46.8. The summed E-state index contributed by atoms with van der Waals surface area (Å²) in [5.41, 5.74) is 1.25. The van der Waals surface area contributed by atoms with Crippen LogP contribution in [0.15, 0.2) is 60.7 Å². The Morgan fingerprint density at radius 3 is 1.29 bits per heavy atom. The Hall–Kier alpha value is -4.60. The van der Waals surface area contributed by atoms with Gasteiger partial charge >= 0.3 is 11.9 Å². The zero-order valence-corrected chi connectivity index (χ0v) is 21.5. The molecule has 0 saturated heterocycles. The Kier molecular flexibility index (Phi) is 8.90. The van der Waals surface area contributed by atoms with Crippen molar-refractivity contribution in [3.8, 4) is 11.5 Å². The molecule has 0 amide bonds. The maximum Gasteiger partial charge on any atom is 0.343 e. The van der Waals surface area contributed by atoms with Gasteiger partial charge in [-0.15, -0.1) is 0 Å². The van der Waals surface area contributed by atoms with E-state index >= 15 is 0 Å². The highest BCUT2D eigenvalue weighted by atomic mass is 16.6. The van der Waals surface area contributed by atoms with E-state index in [1.165, 1.54) is 60.7 Å². The van der Waals surface area contributed by atoms with Crippen LogP contribution in [0.5, 0.6) is 11.5 Å². The zero-order chi connectivity index (χ0) is 28.0. The van der Waals surface area contributed by atoms with E-state index in [1.54, 1.807) is 0 Å². The molecule has 0 atom stereocenters. The number of hydrogen-bond donors (Lipinski definition) is 0. The molecule has 10 heteroatoms. The van der Waals surface area contributed by atoms with Crippen molar-refractivity contribution in [1.82, 2.24) is 0 Å². The summed E-state index contributed by atoms with van der Waals surface area (Å²) < 4.78 is 11.0. The first kappa shape index (κ1) is 28.0. The molecule has 0 aliphatic carbocycles. The largest absolute Gasteiger partial charge is 0.423 e. The Morgan fingerprint density at radius 2 is 1.00 bits per heavy atom. The minimum absolute atomic E-state index is 0.0899. The molecule has 0 unspecified atom stereocenters. The lowest BCUT2D eigenvalue weighted by Crippen LogP contribution is -2.13. The molecule has 0 aromatic heterocycles. The van der Waals surface area contributed by atoms with Crippen LogP contribution in [0.2, 0.25) is 0 Å². The second kappa shape index (κ2) is 12.1. The van der Waals surface area contributed by atoms with Gasteiger partial charge in [0.2, 0.25) is 0 Å². The van der Waals surface area contributed by atoms with Crippen LogP contribution in [0, 0.1) is 32.1 Å². The average Bonchev–Trinajstić information content (AvgIpc) is 2.85. The minimum Gasteiger partial charge on any atom is -0.423 e. The number of carbonyl (C=O) groups is 2. The molecule has 198 valence electrons. The first-order chi connectivity index (χ1) is 17.9. The Bertz CT molecular complexity index is 1260. The third-order valence-corrected chi connectivity index (χ3v) is 5.53. The summed E-state index contributed by atoms with van der Waals surface area (Å²) in [6.45, 7) is 7.80. The normalized spacial score (nSPS) is 10.9. The molecule has 3 aromatic rings. The maximum atomic E-state index is 12.8. The SMILES string of the molecule is CC(C)Cc1cc([N+](=O)[O-])ccc1OC(=O)c1ccc(C(=O)Oc2ccc([N+](=O)[O-])cc2CC(C)C)cc1. The van der Waals surface area contributed by atoms with Crippen molar-refractivity contribution in [3.63, 3.8) is 0 Å². The van der Waals surface area contributed by atoms with Gasteiger partial charge in [0.15, 0.2) is 0 Å². The smallest absolute Gasteiger partial charge is 0.343 e. The molecule has 0 aliphatic rings. The molecule has 3 aromatic carbocycles. The molecule has 38 heavy (non-hydrogen) atoms. The van der Waals surface area contributed by atoms with Gasteiger partial charge in [-0.1, -0.05) is 27.7 Å². The molecule has 0 spiro atoms. The Labute approximate surface area is 219 Å². The molecular formula is C28H28N2O8. The van der Waals surface area contributed by atoms with Crippen LogP contribution in [-0.2, 0) is 12.8 Å². The molecule has 0 fully saturated rings. The van der Waals surface area contributed by atoms with Crippen molar-refractivity contribution in [2.75, 3.05) is 0 Å². The van der Waals surface area contributed by atoms with E-state index in [0.717, 1.165) is 0 Å². The van der Waals surface area contributed by atoms with Gasteiger partial charge in [0, 0.05) is 35.4 Å². The van der Waals surface area contributed by atoms with Gasteiger partial charge in [-0.3, -0.25) is 20.2 Å². The van der Waals surface area contributed by atoms with Crippen molar-refractivity contribution in [1.29, 1.82) is 0 Å². The van der Waals surface area contributed by atoms with Crippen LogP contribution < -0.4 is 9.47 Å². The Morgan fingerprint density at radius 1 is 0.658 bits per heavy atom. The van der Waals surface area contributed by atoms with Crippen molar-refractivity contribution >= 4 is 23.3 Å². The summed E-state index contributed by atoms with van der Waals surface area (Å²) >= 11 is 0. The summed E-state index contributed by atoms with van der Waals surface area (Å²) in [7, 11) is 0. The van der Waals surface area contributed by atoms with E-state index < -0.39 is 21.8 Å². The quantitative estimate of drug-likeness (QED) is 0.131. The van der Waals surface area contributed by atoms with Crippen LogP contribution >= 0.6 is 0 Å². The number of carbonyl (C=O) groups excluding carboxylic acids is 2. The lowest BCUT2D eigenvalue weighted by molar-refractivity contribution is -0.385. The number of non-ortho nitro benzene ring substituents is 2. The van der Waals surface area contributed by atoms with Crippen molar-refractivity contribution in [3.05, 3.63) is 103 Å². The topological polar surface area (TPSA) is 139 Å². The summed E-state index contributed by atoms with van der Waals surface area (Å²) in [5.74, 6) is -0.549. The lowest BCUT2D eigenvalue weighted by atomic mass is 10.0. The summed E-state index contributed by atoms with van der Waals surface area (Å²) in [6.07, 6.45) is 0.965. The fourth-order valence-electron chi connectivity index (χ4n) is 3.82. The fourth-order valence-corrected chi connectivity index (χ4v) is 3.82. The van der Waals surface area contributed by atoms with Crippen LogP contribution in [0.25, 0.3) is 0 Å². The second-order valence-corrected chi connectivity index (χ2v) is 9.65. The van der Waals surface area contributed by atoms with Gasteiger partial charge in [-0.2, -0.15) is 0 Å². The first-order valence-corrected chi connectivity index (χ1v) is 12.0. The maximum absolute atomic E-state index is 12.8. The lowest BCUT2D eigenvalue weighted by Gasteiger charge is -2.13. The highest BCUT2D eigenvalue weighted by Crippen LogP contribution is 2.29. The van der Waals surface area contributed by atoms with E-state index in [1.807, 2.05) is 27.7 Å². The number of ether oxygens (including phenoxy) is 2. The predicted molar refractivity (Wildman–Crippen MR) is 140 cm³/mol. The molecule has 0 bridgehead atoms. The van der Waals surface area contributed by atoms with Crippen molar-refractivity contribution in [2.45, 2.75) is 40.5 Å². The van der Waals surface area contributed by atoms with Gasteiger partial charge in [0.1, 0.15) is 11.5 Å². The molecule has 10 nitrogen and oxygen atoms in total. The summed E-state index contributed by atoms with van der Waals surface area (Å²) in [6, 6.07) is 13.8. The van der Waals surface area contributed by atoms with Crippen LogP contribution in [0.1, 0.15) is 59.5 Å². The minimum atomic E-state index is -0.682. The zero-order valence-electron chi connectivity index (χ0n) is 21.5. The monoisotopic (exact) mass is 520 g/mol. The van der Waals surface area contributed by atoms with E-state index in [0.29, 0.717) is 24.0 Å². The van der Waals surface area contributed by atoms with Crippen molar-refractivity contribution < 1.29 is 28.9 Å². The molecule has 0 aliphatic heterocycles. The molecule has 0 saturated carbocycles. The van der Waals surface area contributed by atoms with Gasteiger partial charge in [0.25, 0.3) is 11.4 Å². The molecule has 0 radical (unpaired) electrons. The van der Waals surface area contributed by atoms with Crippen molar-refractivity contribution in [2.24, 2.45) is 11.8 Å². The number of nitro groups is 2. The molecule has 0 heterocycles. The standard InChI is InChI=1S/C28H28N2O8/c1-17(2)13-21-15-23(29(33)34)9-11-25(21)37-27(31)19-5-7-20(8-6-19)28(32)38-26-12-10-24(30(35)36)16-22(26)14-18(3)4/h5-12,15-18H,13-14H2,1-4H3. The first-order valence-electron chi connectivity index (χ1n) is 12.0. The number of hydrogen-bond acceptors (Lipinski definition) is 8. The highest BCUT2D eigenvalue weighted by Gasteiger charge is 2.19. The van der Waals surface area contributed by atoms with Crippen LogP contribution in [0.4, 0.5) is 11.4 Å². The second-order valence-electron chi connectivity index (χ2n) is 9.65. The number of rotatable bonds is 10. The average molecular weight is 521 g/mol. The fraction of sp³-hybridized carbons (Fsp3) is 0.286. The van der Waals surface area contributed by atoms with Gasteiger partial charge in [0.05, 0.1) is 21.0 Å². The van der Waals surface area contributed by atoms with Gasteiger partial charge in [-0.05, 0) is 61.1 Å².